The highest BCUT2D eigenvalue weighted by Crippen LogP contribution is 2.28. The minimum Gasteiger partial charge on any atom is -0.340 e. The van der Waals surface area contributed by atoms with Crippen LogP contribution in [0.5, 0.6) is 0 Å². The molecule has 1 aliphatic rings. The first-order valence-electron chi connectivity index (χ1n) is 11.5. The molecule has 1 fully saturated rings. The Balaban J connectivity index is 1.38. The number of pyridine rings is 2. The van der Waals surface area contributed by atoms with Gasteiger partial charge in [0.2, 0.25) is 10.0 Å². The van der Waals surface area contributed by atoms with E-state index < -0.39 is 10.0 Å². The first kappa shape index (κ1) is 25.9. The fourth-order valence-electron chi connectivity index (χ4n) is 4.44. The van der Waals surface area contributed by atoms with Crippen molar-refractivity contribution in [2.24, 2.45) is 0 Å². The van der Waals surface area contributed by atoms with Crippen molar-refractivity contribution in [2.45, 2.75) is 31.8 Å². The van der Waals surface area contributed by atoms with Gasteiger partial charge in [-0.1, -0.05) is 23.2 Å². The summed E-state index contributed by atoms with van der Waals surface area (Å²) in [6.07, 6.45) is 7.15. The van der Waals surface area contributed by atoms with Crippen LogP contribution in [-0.4, -0.2) is 66.2 Å². The molecule has 0 atom stereocenters. The van der Waals surface area contributed by atoms with E-state index in [-0.39, 0.29) is 11.6 Å². The summed E-state index contributed by atoms with van der Waals surface area (Å²) in [6, 6.07) is 8.92. The topological polar surface area (TPSA) is 87.5 Å². The summed E-state index contributed by atoms with van der Waals surface area (Å²) in [7, 11) is -1.51. The number of likely N-dealkylation sites (tertiary alicyclic amines) is 1. The molecule has 0 aliphatic carbocycles. The number of hydrogen-bond acceptors (Lipinski definition) is 6. The fraction of sp³-hybridized carbons (Fsp3) is 0.417. The normalized spacial score (nSPS) is 15.7. The molecule has 0 bridgehead atoms. The van der Waals surface area contributed by atoms with Gasteiger partial charge in [0.25, 0.3) is 5.56 Å². The molecule has 35 heavy (non-hydrogen) atoms. The second kappa shape index (κ2) is 10.8. The number of nitrogens with one attached hydrogen (secondary N) is 1. The van der Waals surface area contributed by atoms with Gasteiger partial charge in [-0.2, -0.15) is 0 Å². The summed E-state index contributed by atoms with van der Waals surface area (Å²) in [5.74, 6) is 0.576. The third-order valence-corrected chi connectivity index (χ3v) is 8.64. The van der Waals surface area contributed by atoms with Gasteiger partial charge in [-0.15, -0.1) is 0 Å². The van der Waals surface area contributed by atoms with E-state index in [0.29, 0.717) is 27.8 Å². The molecular formula is C24H29Cl2N5O3S. The van der Waals surface area contributed by atoms with E-state index in [0.717, 1.165) is 50.0 Å². The van der Waals surface area contributed by atoms with E-state index in [9.17, 15) is 13.2 Å². The van der Waals surface area contributed by atoms with E-state index in [1.807, 2.05) is 6.07 Å². The maximum absolute atomic E-state index is 13.1. The predicted molar refractivity (Wildman–Crippen MR) is 142 cm³/mol. The van der Waals surface area contributed by atoms with Crippen LogP contribution < -0.4 is 10.9 Å². The van der Waals surface area contributed by atoms with Crippen molar-refractivity contribution in [2.75, 3.05) is 38.3 Å². The van der Waals surface area contributed by atoms with E-state index in [4.69, 9.17) is 23.2 Å². The van der Waals surface area contributed by atoms with E-state index >= 15 is 0 Å². The van der Waals surface area contributed by atoms with Crippen LogP contribution in [0.15, 0.2) is 47.5 Å². The first-order chi connectivity index (χ1) is 16.6. The van der Waals surface area contributed by atoms with Gasteiger partial charge in [-0.25, -0.2) is 17.7 Å². The Morgan fingerprint density at radius 1 is 1.09 bits per heavy atom. The number of aromatic nitrogens is 2. The fourth-order valence-corrected chi connectivity index (χ4v) is 5.49. The number of anilines is 2. The second-order valence-electron chi connectivity index (χ2n) is 8.89. The van der Waals surface area contributed by atoms with Gasteiger partial charge in [-0.05, 0) is 69.2 Å². The average molecular weight is 539 g/mol. The van der Waals surface area contributed by atoms with Crippen molar-refractivity contribution in [1.29, 1.82) is 0 Å². The largest absolute Gasteiger partial charge is 0.340 e. The summed E-state index contributed by atoms with van der Waals surface area (Å²) >= 11 is 12.1. The van der Waals surface area contributed by atoms with Crippen molar-refractivity contribution < 1.29 is 8.42 Å². The summed E-state index contributed by atoms with van der Waals surface area (Å²) in [6.45, 7) is 3.18. The van der Waals surface area contributed by atoms with Crippen LogP contribution in [0.1, 0.15) is 19.3 Å². The number of sulfonamides is 1. The highest BCUT2D eigenvalue weighted by atomic mass is 35.5. The molecular weight excluding hydrogens is 509 g/mol. The Morgan fingerprint density at radius 2 is 1.83 bits per heavy atom. The average Bonchev–Trinajstić information content (AvgIpc) is 2.83. The number of benzene rings is 1. The highest BCUT2D eigenvalue weighted by Gasteiger charge is 2.26. The first-order valence-corrected chi connectivity index (χ1v) is 14.1. The van der Waals surface area contributed by atoms with Gasteiger partial charge in [0.1, 0.15) is 5.82 Å². The molecule has 3 aromatic rings. The van der Waals surface area contributed by atoms with Gasteiger partial charge in [0.05, 0.1) is 21.7 Å². The minimum absolute atomic E-state index is 0.0597. The molecule has 0 spiro atoms. The standard InChI is InChI=1S/C24H29Cl2N5O3S/c1-29(35(2,33)34)18-7-13-30(14-8-18)11-3-12-31-15-9-19-20(24(31)32)6-10-27-23(19)28-17-4-5-21(25)22(26)16-17/h4-6,9-10,15-16,18H,3,7-8,11-14H2,1-2H3,(H,27,28). The van der Waals surface area contributed by atoms with Crippen LogP contribution >= 0.6 is 23.2 Å². The molecule has 2 aromatic heterocycles. The highest BCUT2D eigenvalue weighted by molar-refractivity contribution is 7.88. The molecule has 1 aliphatic heterocycles. The zero-order chi connectivity index (χ0) is 25.2. The molecule has 0 saturated carbocycles. The SMILES string of the molecule is CN(C1CCN(CCCn2ccc3c(Nc4ccc(Cl)c(Cl)c4)nccc3c2=O)CC1)S(C)(=O)=O. The summed E-state index contributed by atoms with van der Waals surface area (Å²) < 4.78 is 26.7. The number of nitrogens with zero attached hydrogens (tertiary/aromatic N) is 4. The van der Waals surface area contributed by atoms with Crippen LogP contribution in [-0.2, 0) is 16.6 Å². The van der Waals surface area contributed by atoms with Crippen LogP contribution in [0, 0.1) is 0 Å². The van der Waals surface area contributed by atoms with Crippen molar-refractivity contribution >= 4 is 55.5 Å². The van der Waals surface area contributed by atoms with Crippen molar-refractivity contribution in [3.8, 4) is 0 Å². The quantitative estimate of drug-likeness (QED) is 0.463. The molecule has 0 amide bonds. The lowest BCUT2D eigenvalue weighted by Gasteiger charge is -2.35. The van der Waals surface area contributed by atoms with Crippen LogP contribution in [0.25, 0.3) is 10.8 Å². The van der Waals surface area contributed by atoms with Crippen molar-refractivity contribution in [3.63, 3.8) is 0 Å². The maximum atomic E-state index is 13.1. The second-order valence-corrected chi connectivity index (χ2v) is 11.8. The Labute approximate surface area is 215 Å². The summed E-state index contributed by atoms with van der Waals surface area (Å²) in [4.78, 5) is 19.9. The third kappa shape index (κ3) is 6.16. The van der Waals surface area contributed by atoms with E-state index in [2.05, 4.69) is 15.2 Å². The van der Waals surface area contributed by atoms with Gasteiger partial charge >= 0.3 is 0 Å². The number of hydrogen-bond donors (Lipinski definition) is 1. The molecule has 1 aromatic carbocycles. The minimum atomic E-state index is -3.16. The Bertz CT molecular complexity index is 1370. The molecule has 4 rings (SSSR count). The predicted octanol–water partition coefficient (Wildman–Crippen LogP) is 4.19. The van der Waals surface area contributed by atoms with Gasteiger partial charge in [-0.3, -0.25) is 4.79 Å². The molecule has 0 unspecified atom stereocenters. The molecule has 8 nitrogen and oxygen atoms in total. The zero-order valence-electron chi connectivity index (χ0n) is 19.7. The summed E-state index contributed by atoms with van der Waals surface area (Å²) in [5, 5.41) is 5.45. The zero-order valence-corrected chi connectivity index (χ0v) is 22.1. The molecule has 11 heteroatoms. The lowest BCUT2D eigenvalue weighted by atomic mass is 10.1. The van der Waals surface area contributed by atoms with Crippen LogP contribution in [0.3, 0.4) is 0 Å². The number of piperidine rings is 1. The Kier molecular flexibility index (Phi) is 8.02. The monoisotopic (exact) mass is 537 g/mol. The molecule has 1 N–H and O–H groups in total. The number of fused-ring (bicyclic) bond motifs is 1. The van der Waals surface area contributed by atoms with Gasteiger partial charge < -0.3 is 14.8 Å². The maximum Gasteiger partial charge on any atom is 0.258 e. The van der Waals surface area contributed by atoms with Gasteiger partial charge in [0.15, 0.2) is 0 Å². The molecule has 3 heterocycles. The molecule has 0 radical (unpaired) electrons. The Morgan fingerprint density at radius 3 is 2.51 bits per heavy atom. The number of halogens is 2. The lowest BCUT2D eigenvalue weighted by molar-refractivity contribution is 0.167. The third-order valence-electron chi connectivity index (χ3n) is 6.55. The van der Waals surface area contributed by atoms with Crippen LogP contribution in [0.4, 0.5) is 11.5 Å². The number of rotatable bonds is 8. The van der Waals surface area contributed by atoms with E-state index in [1.165, 1.54) is 10.6 Å². The van der Waals surface area contributed by atoms with Crippen molar-refractivity contribution in [1.82, 2.24) is 18.8 Å². The van der Waals surface area contributed by atoms with Crippen molar-refractivity contribution in [3.05, 3.63) is 63.1 Å². The van der Waals surface area contributed by atoms with E-state index in [1.54, 1.807) is 48.3 Å². The molecule has 188 valence electrons. The Hall–Kier alpha value is -2.17. The smallest absolute Gasteiger partial charge is 0.258 e. The van der Waals surface area contributed by atoms with Crippen LogP contribution in [0.2, 0.25) is 10.0 Å². The summed E-state index contributed by atoms with van der Waals surface area (Å²) in [5.41, 5.74) is 0.672. The van der Waals surface area contributed by atoms with Gasteiger partial charge in [0, 0.05) is 43.1 Å². The lowest BCUT2D eigenvalue weighted by Crippen LogP contribution is -2.45. The number of aryl methyl sites for hydroxylation is 1. The molecule has 1 saturated heterocycles.